The number of anilines is 1. The van der Waals surface area contributed by atoms with Gasteiger partial charge in [0.15, 0.2) is 0 Å². The van der Waals surface area contributed by atoms with Crippen molar-refractivity contribution in [3.05, 3.63) is 90.0 Å². The Hall–Kier alpha value is -3.60. The molecule has 0 unspecified atom stereocenters. The predicted molar refractivity (Wildman–Crippen MR) is 120 cm³/mol. The molecule has 0 aliphatic carbocycles. The number of phenolic OH excluding ortho intramolecular Hbond substituents is 2. The highest BCUT2D eigenvalue weighted by atomic mass is 16.3. The smallest absolute Gasteiger partial charge is 0.124 e. The summed E-state index contributed by atoms with van der Waals surface area (Å²) in [6, 6.07) is 24.5. The molecule has 0 spiro atoms. The number of rotatable bonds is 9. The van der Waals surface area contributed by atoms with E-state index in [9.17, 15) is 10.2 Å². The fraction of sp³-hybridized carbons (Fsp3) is 0.167. The Morgan fingerprint density at radius 3 is 1.55 bits per heavy atom. The highest BCUT2D eigenvalue weighted by Crippen LogP contribution is 2.15. The van der Waals surface area contributed by atoms with E-state index in [1.807, 2.05) is 42.5 Å². The Bertz CT molecular complexity index is 896. The average Bonchev–Trinajstić information content (AvgIpc) is 2.75. The SMILES string of the molecule is Oc1ccccc1C=NCCN(CCN=Cc1ccccc1O)c1ccccc1. The Morgan fingerprint density at radius 1 is 0.621 bits per heavy atom. The van der Waals surface area contributed by atoms with Crippen molar-refractivity contribution in [1.82, 2.24) is 0 Å². The lowest BCUT2D eigenvalue weighted by Gasteiger charge is -2.23. The summed E-state index contributed by atoms with van der Waals surface area (Å²) in [6.07, 6.45) is 3.41. The fourth-order valence-corrected chi connectivity index (χ4v) is 2.88. The van der Waals surface area contributed by atoms with Crippen molar-refractivity contribution in [2.24, 2.45) is 9.98 Å². The molecule has 5 nitrogen and oxygen atoms in total. The van der Waals surface area contributed by atoms with Gasteiger partial charge in [-0.05, 0) is 36.4 Å². The average molecular weight is 387 g/mol. The van der Waals surface area contributed by atoms with Crippen molar-refractivity contribution in [2.75, 3.05) is 31.1 Å². The van der Waals surface area contributed by atoms with Crippen LogP contribution in [0, 0.1) is 0 Å². The number of phenols is 2. The Labute approximate surface area is 171 Å². The van der Waals surface area contributed by atoms with E-state index in [2.05, 4.69) is 27.0 Å². The summed E-state index contributed by atoms with van der Waals surface area (Å²) in [5.41, 5.74) is 2.54. The summed E-state index contributed by atoms with van der Waals surface area (Å²) < 4.78 is 0. The van der Waals surface area contributed by atoms with Gasteiger partial charge in [0, 0.05) is 42.3 Å². The van der Waals surface area contributed by atoms with Crippen LogP contribution in [-0.4, -0.2) is 48.8 Å². The topological polar surface area (TPSA) is 68.4 Å². The lowest BCUT2D eigenvalue weighted by atomic mass is 10.2. The van der Waals surface area contributed by atoms with E-state index in [1.54, 1.807) is 36.7 Å². The number of aromatic hydroxyl groups is 2. The molecular weight excluding hydrogens is 362 g/mol. The van der Waals surface area contributed by atoms with Crippen LogP contribution in [0.15, 0.2) is 88.8 Å². The van der Waals surface area contributed by atoms with Crippen LogP contribution in [0.2, 0.25) is 0 Å². The molecule has 0 saturated heterocycles. The molecule has 2 N–H and O–H groups in total. The van der Waals surface area contributed by atoms with Gasteiger partial charge in [-0.15, -0.1) is 0 Å². The molecule has 0 heterocycles. The van der Waals surface area contributed by atoms with E-state index in [0.717, 1.165) is 18.8 Å². The van der Waals surface area contributed by atoms with E-state index >= 15 is 0 Å². The molecular formula is C24H25N3O2. The van der Waals surface area contributed by atoms with Crippen LogP contribution in [0.4, 0.5) is 5.69 Å². The maximum absolute atomic E-state index is 9.82. The van der Waals surface area contributed by atoms with Crippen LogP contribution in [-0.2, 0) is 0 Å². The number of benzene rings is 3. The van der Waals surface area contributed by atoms with E-state index in [-0.39, 0.29) is 11.5 Å². The van der Waals surface area contributed by atoms with Gasteiger partial charge in [0.05, 0.1) is 13.1 Å². The third kappa shape index (κ3) is 6.21. The summed E-state index contributed by atoms with van der Waals surface area (Å²) in [5.74, 6) is 0.462. The summed E-state index contributed by atoms with van der Waals surface area (Å²) in [5, 5.41) is 19.6. The van der Waals surface area contributed by atoms with Gasteiger partial charge in [0.2, 0.25) is 0 Å². The van der Waals surface area contributed by atoms with Crippen molar-refractivity contribution < 1.29 is 10.2 Å². The maximum Gasteiger partial charge on any atom is 0.124 e. The third-order valence-electron chi connectivity index (χ3n) is 4.45. The molecule has 5 heteroatoms. The third-order valence-corrected chi connectivity index (χ3v) is 4.45. The van der Waals surface area contributed by atoms with Crippen molar-refractivity contribution in [3.63, 3.8) is 0 Å². The Balaban J connectivity index is 1.58. The van der Waals surface area contributed by atoms with E-state index in [1.165, 1.54) is 0 Å². The molecule has 3 rings (SSSR count). The second-order valence-electron chi connectivity index (χ2n) is 6.51. The normalized spacial score (nSPS) is 11.3. The lowest BCUT2D eigenvalue weighted by Crippen LogP contribution is -2.29. The highest BCUT2D eigenvalue weighted by Gasteiger charge is 2.05. The van der Waals surface area contributed by atoms with Gasteiger partial charge in [0.1, 0.15) is 11.5 Å². The fourth-order valence-electron chi connectivity index (χ4n) is 2.88. The van der Waals surface area contributed by atoms with Gasteiger partial charge in [-0.2, -0.15) is 0 Å². The zero-order valence-corrected chi connectivity index (χ0v) is 16.2. The molecule has 0 atom stereocenters. The first-order chi connectivity index (χ1) is 14.2. The zero-order chi connectivity index (χ0) is 20.3. The first-order valence-corrected chi connectivity index (χ1v) is 9.59. The number of hydrogen-bond acceptors (Lipinski definition) is 5. The van der Waals surface area contributed by atoms with Crippen LogP contribution in [0.1, 0.15) is 11.1 Å². The summed E-state index contributed by atoms with van der Waals surface area (Å²) in [4.78, 5) is 11.1. The summed E-state index contributed by atoms with van der Waals surface area (Å²) in [6.45, 7) is 2.68. The van der Waals surface area contributed by atoms with E-state index in [0.29, 0.717) is 24.2 Å². The molecule has 0 amide bonds. The van der Waals surface area contributed by atoms with Crippen molar-refractivity contribution in [3.8, 4) is 11.5 Å². The number of aliphatic imine (C=N–C) groups is 2. The summed E-state index contributed by atoms with van der Waals surface area (Å²) in [7, 11) is 0. The van der Waals surface area contributed by atoms with Crippen molar-refractivity contribution >= 4 is 18.1 Å². The summed E-state index contributed by atoms with van der Waals surface area (Å²) >= 11 is 0. The van der Waals surface area contributed by atoms with E-state index < -0.39 is 0 Å². The van der Waals surface area contributed by atoms with Crippen molar-refractivity contribution in [2.45, 2.75) is 0 Å². The zero-order valence-electron chi connectivity index (χ0n) is 16.2. The van der Waals surface area contributed by atoms with Crippen LogP contribution in [0.25, 0.3) is 0 Å². The van der Waals surface area contributed by atoms with Crippen LogP contribution in [0.3, 0.4) is 0 Å². The van der Waals surface area contributed by atoms with Crippen LogP contribution in [0.5, 0.6) is 11.5 Å². The van der Waals surface area contributed by atoms with Crippen molar-refractivity contribution in [1.29, 1.82) is 0 Å². The minimum atomic E-state index is 0.231. The quantitative estimate of drug-likeness (QED) is 0.542. The second-order valence-corrected chi connectivity index (χ2v) is 6.51. The molecule has 3 aromatic carbocycles. The molecule has 29 heavy (non-hydrogen) atoms. The maximum atomic E-state index is 9.82. The Kier molecular flexibility index (Phi) is 7.41. The molecule has 0 bridgehead atoms. The molecule has 3 aromatic rings. The first kappa shape index (κ1) is 20.1. The monoisotopic (exact) mass is 387 g/mol. The van der Waals surface area contributed by atoms with E-state index in [4.69, 9.17) is 0 Å². The standard InChI is InChI=1S/C24H25N3O2/c28-23-12-6-4-8-20(23)18-25-14-16-27(22-10-2-1-3-11-22)17-15-26-19-21-9-5-7-13-24(21)29/h1-13,18-19,28-29H,14-17H2. The minimum Gasteiger partial charge on any atom is -0.507 e. The molecule has 0 aliphatic rings. The number of para-hydroxylation sites is 3. The molecule has 148 valence electrons. The van der Waals surface area contributed by atoms with Gasteiger partial charge in [0.25, 0.3) is 0 Å². The Morgan fingerprint density at radius 2 is 1.07 bits per heavy atom. The molecule has 0 saturated carbocycles. The second kappa shape index (κ2) is 10.7. The molecule has 0 aliphatic heterocycles. The number of nitrogens with zero attached hydrogens (tertiary/aromatic N) is 3. The highest BCUT2D eigenvalue weighted by molar-refractivity contribution is 5.83. The number of hydrogen-bond donors (Lipinski definition) is 2. The lowest BCUT2D eigenvalue weighted by molar-refractivity contribution is 0.474. The van der Waals surface area contributed by atoms with Gasteiger partial charge < -0.3 is 15.1 Å². The molecule has 0 aromatic heterocycles. The van der Waals surface area contributed by atoms with Gasteiger partial charge in [-0.25, -0.2) is 0 Å². The first-order valence-electron chi connectivity index (χ1n) is 9.59. The minimum absolute atomic E-state index is 0.231. The van der Waals surface area contributed by atoms with Gasteiger partial charge in [-0.1, -0.05) is 42.5 Å². The predicted octanol–water partition coefficient (Wildman–Crippen LogP) is 4.14. The van der Waals surface area contributed by atoms with Gasteiger partial charge in [-0.3, -0.25) is 9.98 Å². The van der Waals surface area contributed by atoms with Crippen LogP contribution >= 0.6 is 0 Å². The molecule has 0 radical (unpaired) electrons. The largest absolute Gasteiger partial charge is 0.507 e. The van der Waals surface area contributed by atoms with Gasteiger partial charge >= 0.3 is 0 Å². The molecule has 0 fully saturated rings. The van der Waals surface area contributed by atoms with Crippen LogP contribution < -0.4 is 4.90 Å².